The van der Waals surface area contributed by atoms with Crippen LogP contribution in [-0.2, 0) is 5.41 Å². The molecule has 0 aliphatic carbocycles. The van der Waals surface area contributed by atoms with Crippen molar-refractivity contribution in [2.75, 3.05) is 10.6 Å². The Labute approximate surface area is 181 Å². The van der Waals surface area contributed by atoms with E-state index in [1.54, 1.807) is 4.90 Å². The molecule has 1 amide bonds. The van der Waals surface area contributed by atoms with Crippen molar-refractivity contribution in [3.8, 4) is 0 Å². The molecule has 0 aromatic heterocycles. The van der Waals surface area contributed by atoms with Crippen LogP contribution < -0.4 is 10.6 Å². The molecule has 3 aromatic rings. The molecule has 0 saturated heterocycles. The lowest BCUT2D eigenvalue weighted by Gasteiger charge is -2.51. The molecule has 0 saturated carbocycles. The largest absolute Gasteiger partial charge is 0.399 e. The van der Waals surface area contributed by atoms with E-state index >= 15 is 0 Å². The zero-order chi connectivity index (χ0) is 22.4. The van der Waals surface area contributed by atoms with Crippen molar-refractivity contribution in [1.82, 2.24) is 0 Å². The van der Waals surface area contributed by atoms with Crippen LogP contribution in [0.1, 0.15) is 48.7 Å². The van der Waals surface area contributed by atoms with Crippen LogP contribution in [0.5, 0.6) is 0 Å². The summed E-state index contributed by atoms with van der Waals surface area (Å²) in [5.41, 5.74) is 9.22. The number of nitrogens with zero attached hydrogens (tertiary/aromatic N) is 2. The number of hydrogen-bond acceptors (Lipinski definition) is 4. The van der Waals surface area contributed by atoms with Gasteiger partial charge >= 0.3 is 0 Å². The molecule has 1 aliphatic rings. The Morgan fingerprint density at radius 2 is 1.65 bits per heavy atom. The van der Waals surface area contributed by atoms with Crippen LogP contribution >= 0.6 is 0 Å². The summed E-state index contributed by atoms with van der Waals surface area (Å²) in [5, 5.41) is 11.0. The van der Waals surface area contributed by atoms with Gasteiger partial charge in [0.05, 0.1) is 10.6 Å². The number of benzene rings is 3. The minimum atomic E-state index is -0.524. The number of rotatable bonds is 3. The molecule has 1 atom stereocenters. The van der Waals surface area contributed by atoms with Crippen LogP contribution in [0.3, 0.4) is 0 Å². The Kier molecular flexibility index (Phi) is 4.81. The molecular formula is C25H25N3O3. The van der Waals surface area contributed by atoms with Crippen molar-refractivity contribution >= 4 is 23.0 Å². The van der Waals surface area contributed by atoms with E-state index in [2.05, 4.69) is 19.1 Å². The van der Waals surface area contributed by atoms with Crippen molar-refractivity contribution in [3.05, 3.63) is 99.6 Å². The number of nitro groups is 1. The van der Waals surface area contributed by atoms with Gasteiger partial charge in [0.2, 0.25) is 0 Å². The number of carbonyl (C=O) groups excluding carboxylic acids is 1. The van der Waals surface area contributed by atoms with Gasteiger partial charge in [-0.2, -0.15) is 0 Å². The average Bonchev–Trinajstić information content (AvgIpc) is 2.73. The Balaban J connectivity index is 1.87. The number of nitrogens with two attached hydrogens (primary N) is 1. The second-order valence-electron chi connectivity index (χ2n) is 8.91. The second kappa shape index (κ2) is 7.23. The number of carbonyl (C=O) groups is 1. The van der Waals surface area contributed by atoms with E-state index in [1.807, 2.05) is 50.2 Å². The first kappa shape index (κ1) is 20.6. The van der Waals surface area contributed by atoms with Gasteiger partial charge in [-0.05, 0) is 55.7 Å². The monoisotopic (exact) mass is 415 g/mol. The van der Waals surface area contributed by atoms with Crippen LogP contribution in [0, 0.1) is 10.1 Å². The van der Waals surface area contributed by atoms with Gasteiger partial charge in [0.15, 0.2) is 0 Å². The quantitative estimate of drug-likeness (QED) is 0.356. The molecule has 0 spiro atoms. The fourth-order valence-corrected chi connectivity index (χ4v) is 4.87. The van der Waals surface area contributed by atoms with E-state index in [0.717, 1.165) is 11.3 Å². The molecule has 0 bridgehead atoms. The number of amides is 1. The number of non-ortho nitro benzene ring substituents is 1. The molecule has 6 heteroatoms. The summed E-state index contributed by atoms with van der Waals surface area (Å²) < 4.78 is 0. The van der Waals surface area contributed by atoms with Gasteiger partial charge in [0.25, 0.3) is 11.6 Å². The van der Waals surface area contributed by atoms with Crippen molar-refractivity contribution in [1.29, 1.82) is 0 Å². The standard InChI is InChI=1S/C25H25N3O3/c1-24(2)16-25(3,18-7-5-4-6-8-18)21-14-11-19(26)15-22(21)27(24)23(29)17-9-12-20(13-10-17)28(30)31/h4-15H,16,26H2,1-3H3. The van der Waals surface area contributed by atoms with Gasteiger partial charge < -0.3 is 10.6 Å². The second-order valence-corrected chi connectivity index (χ2v) is 8.91. The third kappa shape index (κ3) is 3.44. The van der Waals surface area contributed by atoms with E-state index in [0.29, 0.717) is 17.7 Å². The van der Waals surface area contributed by atoms with Crippen LogP contribution in [0.4, 0.5) is 17.1 Å². The van der Waals surface area contributed by atoms with Gasteiger partial charge in [-0.1, -0.05) is 43.3 Å². The maximum absolute atomic E-state index is 13.6. The van der Waals surface area contributed by atoms with Crippen molar-refractivity contribution in [3.63, 3.8) is 0 Å². The number of nitro benzene ring substituents is 1. The molecule has 1 unspecified atom stereocenters. The number of hydrogen-bond donors (Lipinski definition) is 1. The predicted octanol–water partition coefficient (Wildman–Crippen LogP) is 5.31. The summed E-state index contributed by atoms with van der Waals surface area (Å²) in [6, 6.07) is 21.7. The van der Waals surface area contributed by atoms with Gasteiger partial charge in [0, 0.05) is 34.3 Å². The Bertz CT molecular complexity index is 1160. The lowest BCUT2D eigenvalue weighted by atomic mass is 9.65. The van der Waals surface area contributed by atoms with Crippen LogP contribution in [-0.4, -0.2) is 16.4 Å². The fraction of sp³-hybridized carbons (Fsp3) is 0.240. The zero-order valence-corrected chi connectivity index (χ0v) is 17.8. The van der Waals surface area contributed by atoms with Crippen LogP contribution in [0.25, 0.3) is 0 Å². The molecule has 1 heterocycles. The first-order valence-electron chi connectivity index (χ1n) is 10.2. The first-order chi connectivity index (χ1) is 14.6. The number of anilines is 2. The highest BCUT2D eigenvalue weighted by Gasteiger charge is 2.48. The Morgan fingerprint density at radius 1 is 1.00 bits per heavy atom. The highest BCUT2D eigenvalue weighted by atomic mass is 16.6. The molecule has 6 nitrogen and oxygen atoms in total. The van der Waals surface area contributed by atoms with Crippen LogP contribution in [0.2, 0.25) is 0 Å². The van der Waals surface area contributed by atoms with Gasteiger partial charge in [-0.25, -0.2) is 0 Å². The molecule has 0 radical (unpaired) electrons. The minimum absolute atomic E-state index is 0.0456. The zero-order valence-electron chi connectivity index (χ0n) is 17.8. The van der Waals surface area contributed by atoms with Crippen molar-refractivity contribution < 1.29 is 9.72 Å². The van der Waals surface area contributed by atoms with E-state index < -0.39 is 10.5 Å². The number of nitrogen functional groups attached to an aromatic ring is 1. The van der Waals surface area contributed by atoms with Gasteiger partial charge in [-0.3, -0.25) is 14.9 Å². The van der Waals surface area contributed by atoms with E-state index in [4.69, 9.17) is 5.73 Å². The van der Waals surface area contributed by atoms with Crippen LogP contribution in [0.15, 0.2) is 72.8 Å². The fourth-order valence-electron chi connectivity index (χ4n) is 4.87. The SMILES string of the molecule is CC1(c2ccccc2)CC(C)(C)N(C(=O)c2ccc([N+](=O)[O-])cc2)c2cc(N)ccc21. The first-order valence-corrected chi connectivity index (χ1v) is 10.2. The smallest absolute Gasteiger partial charge is 0.269 e. The molecule has 4 rings (SSSR count). The molecule has 158 valence electrons. The summed E-state index contributed by atoms with van der Waals surface area (Å²) in [4.78, 5) is 25.9. The summed E-state index contributed by atoms with van der Waals surface area (Å²) in [5.74, 6) is -0.207. The Morgan fingerprint density at radius 3 is 2.26 bits per heavy atom. The lowest BCUT2D eigenvalue weighted by Crippen LogP contribution is -2.55. The van der Waals surface area contributed by atoms with E-state index in [-0.39, 0.29) is 17.0 Å². The average molecular weight is 415 g/mol. The normalized spacial score (nSPS) is 19.5. The highest BCUT2D eigenvalue weighted by molar-refractivity contribution is 6.08. The van der Waals surface area contributed by atoms with Crippen molar-refractivity contribution in [2.45, 2.75) is 38.1 Å². The molecule has 0 fully saturated rings. The van der Waals surface area contributed by atoms with E-state index in [9.17, 15) is 14.9 Å². The third-order valence-corrected chi connectivity index (χ3v) is 6.19. The predicted molar refractivity (Wildman–Crippen MR) is 122 cm³/mol. The van der Waals surface area contributed by atoms with Crippen molar-refractivity contribution in [2.24, 2.45) is 0 Å². The summed E-state index contributed by atoms with van der Waals surface area (Å²) in [6.07, 6.45) is 0.708. The van der Waals surface area contributed by atoms with Gasteiger partial charge in [0.1, 0.15) is 0 Å². The molecular weight excluding hydrogens is 390 g/mol. The minimum Gasteiger partial charge on any atom is -0.399 e. The molecule has 2 N–H and O–H groups in total. The topological polar surface area (TPSA) is 89.5 Å². The Hall–Kier alpha value is -3.67. The van der Waals surface area contributed by atoms with Gasteiger partial charge in [-0.15, -0.1) is 0 Å². The highest BCUT2D eigenvalue weighted by Crippen LogP contribution is 2.51. The summed E-state index contributed by atoms with van der Waals surface area (Å²) in [7, 11) is 0. The summed E-state index contributed by atoms with van der Waals surface area (Å²) >= 11 is 0. The molecule has 1 aliphatic heterocycles. The maximum Gasteiger partial charge on any atom is 0.269 e. The maximum atomic E-state index is 13.6. The summed E-state index contributed by atoms with van der Waals surface area (Å²) in [6.45, 7) is 6.29. The lowest BCUT2D eigenvalue weighted by molar-refractivity contribution is -0.384. The third-order valence-electron chi connectivity index (χ3n) is 6.19. The molecule has 31 heavy (non-hydrogen) atoms. The van der Waals surface area contributed by atoms with E-state index in [1.165, 1.54) is 29.8 Å². The molecule has 3 aromatic carbocycles. The number of fused-ring (bicyclic) bond motifs is 1.